The monoisotopic (exact) mass is 255 g/mol. The topological polar surface area (TPSA) is 36.9 Å². The lowest BCUT2D eigenvalue weighted by Crippen LogP contribution is -2.43. The van der Waals surface area contributed by atoms with Crippen LogP contribution in [-0.4, -0.2) is 0 Å². The first-order valence-electron chi connectivity index (χ1n) is 7.81. The average Bonchev–Trinajstić information content (AvgIpc) is 2.80. The van der Waals surface area contributed by atoms with E-state index in [1.807, 2.05) is 6.07 Å². The number of nitrogens with zero attached hydrogens (tertiary/aromatic N) is 1. The van der Waals surface area contributed by atoms with Crippen LogP contribution in [0.15, 0.2) is 10.5 Å². The molecule has 19 heavy (non-hydrogen) atoms. The van der Waals surface area contributed by atoms with Crippen molar-refractivity contribution in [1.29, 1.82) is 5.26 Å². The third-order valence-corrected chi connectivity index (χ3v) is 5.82. The van der Waals surface area contributed by atoms with Gasteiger partial charge in [0.15, 0.2) is 0 Å². The zero-order valence-electron chi connectivity index (χ0n) is 11.6. The van der Waals surface area contributed by atoms with Gasteiger partial charge in [-0.05, 0) is 61.8 Å². The highest BCUT2D eigenvalue weighted by Gasteiger charge is 2.49. The van der Waals surface area contributed by atoms with E-state index in [-0.39, 0.29) is 0 Å². The van der Waals surface area contributed by atoms with E-state index in [0.29, 0.717) is 5.92 Å². The van der Waals surface area contributed by atoms with Crippen molar-refractivity contribution in [2.75, 3.05) is 0 Å². The predicted octanol–water partition coefficient (Wildman–Crippen LogP) is 4.25. The van der Waals surface area contributed by atoms with Crippen LogP contribution in [0.1, 0.15) is 62.0 Å². The molecule has 2 nitrogen and oxygen atoms in total. The van der Waals surface area contributed by atoms with Gasteiger partial charge in [-0.15, -0.1) is 0 Å². The van der Waals surface area contributed by atoms with Gasteiger partial charge in [0.25, 0.3) is 0 Å². The number of hydrogen-bond donors (Lipinski definition) is 0. The van der Waals surface area contributed by atoms with Crippen LogP contribution in [0.3, 0.4) is 0 Å². The van der Waals surface area contributed by atoms with Gasteiger partial charge in [0.2, 0.25) is 0 Å². The molecule has 0 atom stereocenters. The molecule has 0 saturated heterocycles. The molecule has 2 heteroatoms. The Kier molecular flexibility index (Phi) is 2.52. The number of aryl methyl sites for hydroxylation is 1. The fourth-order valence-electron chi connectivity index (χ4n) is 5.36. The van der Waals surface area contributed by atoms with Gasteiger partial charge in [0.05, 0.1) is 5.56 Å². The summed E-state index contributed by atoms with van der Waals surface area (Å²) >= 11 is 0. The number of hydrogen-bond acceptors (Lipinski definition) is 2. The summed E-state index contributed by atoms with van der Waals surface area (Å²) in [5.41, 5.74) is 0.770. The SMILES string of the molecule is CCc1oc(C2C3CC4CC(C3)CC2C4)cc1C#N. The normalized spacial score (nSPS) is 39.5. The Morgan fingerprint density at radius 1 is 1.16 bits per heavy atom. The van der Waals surface area contributed by atoms with Crippen molar-refractivity contribution in [1.82, 2.24) is 0 Å². The third-order valence-electron chi connectivity index (χ3n) is 5.82. The zero-order valence-corrected chi connectivity index (χ0v) is 11.6. The summed E-state index contributed by atoms with van der Waals surface area (Å²) in [5.74, 6) is 6.29. The molecule has 5 rings (SSSR count). The molecule has 4 saturated carbocycles. The second kappa shape index (κ2) is 4.13. The molecule has 0 radical (unpaired) electrons. The second-order valence-corrected chi connectivity index (χ2v) is 6.91. The van der Waals surface area contributed by atoms with Crippen LogP contribution in [0, 0.1) is 35.0 Å². The number of nitriles is 1. The smallest absolute Gasteiger partial charge is 0.121 e. The number of furan rings is 1. The van der Waals surface area contributed by atoms with Crippen molar-refractivity contribution in [2.24, 2.45) is 23.7 Å². The van der Waals surface area contributed by atoms with Gasteiger partial charge in [-0.1, -0.05) is 6.92 Å². The van der Waals surface area contributed by atoms with Gasteiger partial charge in [0, 0.05) is 12.3 Å². The summed E-state index contributed by atoms with van der Waals surface area (Å²) in [6.07, 6.45) is 7.94. The molecule has 4 aliphatic rings. The predicted molar refractivity (Wildman–Crippen MR) is 72.6 cm³/mol. The largest absolute Gasteiger partial charge is 0.464 e. The molecular weight excluding hydrogens is 234 g/mol. The van der Waals surface area contributed by atoms with Gasteiger partial charge in [-0.25, -0.2) is 0 Å². The molecule has 1 aromatic heterocycles. The molecule has 0 spiro atoms. The van der Waals surface area contributed by atoms with Crippen LogP contribution >= 0.6 is 0 Å². The van der Waals surface area contributed by atoms with Gasteiger partial charge < -0.3 is 4.42 Å². The van der Waals surface area contributed by atoms with Crippen molar-refractivity contribution in [3.05, 3.63) is 23.2 Å². The third kappa shape index (κ3) is 1.67. The maximum absolute atomic E-state index is 9.20. The minimum atomic E-state index is 0.611. The molecule has 100 valence electrons. The summed E-state index contributed by atoms with van der Waals surface area (Å²) in [4.78, 5) is 0. The Morgan fingerprint density at radius 2 is 1.79 bits per heavy atom. The molecule has 0 amide bonds. The summed E-state index contributed by atoms with van der Waals surface area (Å²) in [5, 5.41) is 9.20. The highest BCUT2D eigenvalue weighted by molar-refractivity contribution is 5.35. The molecule has 4 bridgehead atoms. The van der Waals surface area contributed by atoms with Crippen LogP contribution < -0.4 is 0 Å². The van der Waals surface area contributed by atoms with E-state index in [0.717, 1.165) is 47.2 Å². The summed E-state index contributed by atoms with van der Waals surface area (Å²) in [7, 11) is 0. The lowest BCUT2D eigenvalue weighted by molar-refractivity contribution is -0.00989. The van der Waals surface area contributed by atoms with Crippen molar-refractivity contribution < 1.29 is 4.42 Å². The highest BCUT2D eigenvalue weighted by Crippen LogP contribution is 2.60. The first-order valence-corrected chi connectivity index (χ1v) is 7.81. The Hall–Kier alpha value is -1.23. The minimum Gasteiger partial charge on any atom is -0.464 e. The molecular formula is C17H21NO. The van der Waals surface area contributed by atoms with E-state index in [9.17, 15) is 5.26 Å². The molecule has 4 fully saturated rings. The van der Waals surface area contributed by atoms with Crippen molar-refractivity contribution in [3.8, 4) is 6.07 Å². The van der Waals surface area contributed by atoms with Crippen LogP contribution in [0.5, 0.6) is 0 Å². The van der Waals surface area contributed by atoms with Crippen LogP contribution in [0.2, 0.25) is 0 Å². The summed E-state index contributed by atoms with van der Waals surface area (Å²) in [6.45, 7) is 2.07. The Bertz CT molecular complexity index is 508. The van der Waals surface area contributed by atoms with E-state index >= 15 is 0 Å². The lowest BCUT2D eigenvalue weighted by atomic mass is 9.51. The van der Waals surface area contributed by atoms with E-state index in [1.165, 1.54) is 32.1 Å². The van der Waals surface area contributed by atoms with E-state index in [2.05, 4.69) is 13.0 Å². The first-order chi connectivity index (χ1) is 9.28. The maximum Gasteiger partial charge on any atom is 0.121 e. The average molecular weight is 255 g/mol. The minimum absolute atomic E-state index is 0.611. The van der Waals surface area contributed by atoms with Gasteiger partial charge in [0.1, 0.15) is 17.6 Å². The lowest BCUT2D eigenvalue weighted by Gasteiger charge is -2.53. The zero-order chi connectivity index (χ0) is 13.0. The fourth-order valence-corrected chi connectivity index (χ4v) is 5.36. The first kappa shape index (κ1) is 11.6. The summed E-state index contributed by atoms with van der Waals surface area (Å²) < 4.78 is 6.06. The van der Waals surface area contributed by atoms with E-state index < -0.39 is 0 Å². The van der Waals surface area contributed by atoms with Crippen molar-refractivity contribution in [3.63, 3.8) is 0 Å². The van der Waals surface area contributed by atoms with E-state index in [4.69, 9.17) is 4.42 Å². The standard InChI is InChI=1S/C17H21NO/c1-2-15-14(9-18)8-16(19-15)17-12-4-10-3-11(6-12)7-13(17)5-10/h8,10-13,17H,2-7H2,1H3. The molecule has 1 aromatic rings. The van der Waals surface area contributed by atoms with Crippen LogP contribution in [-0.2, 0) is 6.42 Å². The molecule has 0 unspecified atom stereocenters. The van der Waals surface area contributed by atoms with Crippen molar-refractivity contribution >= 4 is 0 Å². The second-order valence-electron chi connectivity index (χ2n) is 6.91. The van der Waals surface area contributed by atoms with Crippen LogP contribution in [0.25, 0.3) is 0 Å². The molecule has 0 aromatic carbocycles. The Morgan fingerprint density at radius 3 is 2.26 bits per heavy atom. The van der Waals surface area contributed by atoms with Crippen LogP contribution in [0.4, 0.5) is 0 Å². The molecule has 4 aliphatic carbocycles. The van der Waals surface area contributed by atoms with Gasteiger partial charge in [-0.2, -0.15) is 5.26 Å². The molecule has 1 heterocycles. The fraction of sp³-hybridized carbons (Fsp3) is 0.706. The Balaban J connectivity index is 1.69. The molecule has 0 aliphatic heterocycles. The molecule has 0 N–H and O–H groups in total. The quantitative estimate of drug-likeness (QED) is 0.792. The van der Waals surface area contributed by atoms with Gasteiger partial charge >= 0.3 is 0 Å². The number of rotatable bonds is 2. The Labute approximate surface area is 114 Å². The van der Waals surface area contributed by atoms with Crippen molar-refractivity contribution in [2.45, 2.75) is 51.4 Å². The highest BCUT2D eigenvalue weighted by atomic mass is 16.3. The summed E-state index contributed by atoms with van der Waals surface area (Å²) in [6, 6.07) is 4.34. The van der Waals surface area contributed by atoms with E-state index in [1.54, 1.807) is 0 Å². The maximum atomic E-state index is 9.20. The van der Waals surface area contributed by atoms with Gasteiger partial charge in [-0.3, -0.25) is 0 Å².